The van der Waals surface area contributed by atoms with Gasteiger partial charge in [0.1, 0.15) is 5.75 Å². The fourth-order valence-corrected chi connectivity index (χ4v) is 4.26. The largest absolute Gasteiger partial charge is 0.482 e. The zero-order chi connectivity index (χ0) is 20.0. The van der Waals surface area contributed by atoms with Crippen molar-refractivity contribution in [2.45, 2.75) is 37.6 Å². The summed E-state index contributed by atoms with van der Waals surface area (Å²) in [6.45, 7) is 3.66. The van der Waals surface area contributed by atoms with Crippen molar-refractivity contribution in [2.24, 2.45) is 0 Å². The first-order valence-corrected chi connectivity index (χ1v) is 10.0. The number of non-ortho nitro benzene ring substituents is 1. The van der Waals surface area contributed by atoms with Crippen LogP contribution in [0.25, 0.3) is 0 Å². The minimum atomic E-state index is -0.530. The number of nitro groups is 1. The highest BCUT2D eigenvalue weighted by Crippen LogP contribution is 2.34. The van der Waals surface area contributed by atoms with Crippen LogP contribution in [0, 0.1) is 10.1 Å². The van der Waals surface area contributed by atoms with Crippen molar-refractivity contribution in [2.75, 3.05) is 39.5 Å². The summed E-state index contributed by atoms with van der Waals surface area (Å²) in [4.78, 5) is 25.0. The lowest BCUT2D eigenvalue weighted by atomic mass is 9.79. The van der Waals surface area contributed by atoms with E-state index in [-0.39, 0.29) is 34.5 Å². The fourth-order valence-electron chi connectivity index (χ4n) is 4.03. The summed E-state index contributed by atoms with van der Waals surface area (Å²) >= 11 is 6.00. The molecule has 2 aliphatic rings. The van der Waals surface area contributed by atoms with Crippen LogP contribution in [0.15, 0.2) is 18.2 Å². The average molecular weight is 412 g/mol. The quantitative estimate of drug-likeness (QED) is 0.547. The van der Waals surface area contributed by atoms with E-state index in [1.165, 1.54) is 37.5 Å². The Morgan fingerprint density at radius 3 is 2.64 bits per heavy atom. The zero-order valence-corrected chi connectivity index (χ0v) is 16.6. The Morgan fingerprint density at radius 2 is 2.00 bits per heavy atom. The van der Waals surface area contributed by atoms with E-state index in [4.69, 9.17) is 21.1 Å². The number of nitrogens with one attached hydrogen (secondary N) is 1. The molecule has 0 unspecified atom stereocenters. The molecule has 28 heavy (non-hydrogen) atoms. The maximum Gasteiger partial charge on any atom is 0.271 e. The van der Waals surface area contributed by atoms with E-state index in [2.05, 4.69) is 10.2 Å². The van der Waals surface area contributed by atoms with Crippen LogP contribution in [0.4, 0.5) is 5.69 Å². The van der Waals surface area contributed by atoms with Crippen molar-refractivity contribution in [3.05, 3.63) is 33.3 Å². The SMILES string of the molecule is O=C(COc1ccc([N+](=O)[O-])cc1Cl)NCC1(N2CCOCC2)CCCCC1. The van der Waals surface area contributed by atoms with Crippen LogP contribution in [-0.2, 0) is 9.53 Å². The zero-order valence-electron chi connectivity index (χ0n) is 15.8. The molecule has 3 rings (SSSR count). The van der Waals surface area contributed by atoms with E-state index < -0.39 is 4.92 Å². The molecule has 1 aromatic rings. The van der Waals surface area contributed by atoms with E-state index in [9.17, 15) is 14.9 Å². The fraction of sp³-hybridized carbons (Fsp3) is 0.632. The van der Waals surface area contributed by atoms with Gasteiger partial charge in [-0.15, -0.1) is 0 Å². The Balaban J connectivity index is 1.54. The van der Waals surface area contributed by atoms with Gasteiger partial charge in [-0.25, -0.2) is 0 Å². The molecular formula is C19H26ClN3O5. The van der Waals surface area contributed by atoms with Crippen LogP contribution in [0.2, 0.25) is 5.02 Å². The predicted molar refractivity (Wildman–Crippen MR) is 105 cm³/mol. The lowest BCUT2D eigenvalue weighted by Gasteiger charge is -2.48. The maximum atomic E-state index is 12.3. The number of hydrogen-bond acceptors (Lipinski definition) is 6. The van der Waals surface area contributed by atoms with E-state index in [1.54, 1.807) is 0 Å². The van der Waals surface area contributed by atoms with Gasteiger partial charge in [-0.1, -0.05) is 30.9 Å². The van der Waals surface area contributed by atoms with Gasteiger partial charge >= 0.3 is 0 Å². The molecular weight excluding hydrogens is 386 g/mol. The van der Waals surface area contributed by atoms with Crippen molar-refractivity contribution < 1.29 is 19.2 Å². The normalized spacial score (nSPS) is 19.8. The lowest BCUT2D eigenvalue weighted by Crippen LogP contribution is -2.60. The van der Waals surface area contributed by atoms with Gasteiger partial charge in [0.05, 0.1) is 23.2 Å². The summed E-state index contributed by atoms with van der Waals surface area (Å²) in [5.74, 6) is 0.0237. The molecule has 1 N–H and O–H groups in total. The van der Waals surface area contributed by atoms with Crippen molar-refractivity contribution in [3.8, 4) is 5.75 Å². The summed E-state index contributed by atoms with van der Waals surface area (Å²) in [5, 5.41) is 13.9. The molecule has 1 aliphatic heterocycles. The molecule has 0 spiro atoms. The number of rotatable bonds is 7. The number of hydrogen-bond donors (Lipinski definition) is 1. The van der Waals surface area contributed by atoms with Crippen molar-refractivity contribution in [1.29, 1.82) is 0 Å². The molecule has 1 aromatic carbocycles. The Morgan fingerprint density at radius 1 is 1.29 bits per heavy atom. The van der Waals surface area contributed by atoms with Gasteiger partial charge in [0.25, 0.3) is 11.6 Å². The van der Waals surface area contributed by atoms with E-state index in [1.807, 2.05) is 0 Å². The Labute approximate surface area is 169 Å². The number of amides is 1. The lowest BCUT2D eigenvalue weighted by molar-refractivity contribution is -0.384. The summed E-state index contributed by atoms with van der Waals surface area (Å²) in [5.41, 5.74) is -0.130. The number of nitro benzene ring substituents is 1. The molecule has 0 bridgehead atoms. The van der Waals surface area contributed by atoms with Crippen molar-refractivity contribution in [3.63, 3.8) is 0 Å². The summed E-state index contributed by atoms with van der Waals surface area (Å²) in [6.07, 6.45) is 5.72. The molecule has 0 atom stereocenters. The third-order valence-electron chi connectivity index (χ3n) is 5.57. The standard InChI is InChI=1S/C19H26ClN3O5/c20-16-12-15(23(25)26)4-5-17(16)28-13-18(24)21-14-19(6-2-1-3-7-19)22-8-10-27-11-9-22/h4-5,12H,1-3,6-11,13-14H2,(H,21,24). The summed E-state index contributed by atoms with van der Waals surface area (Å²) in [7, 11) is 0. The first-order valence-electron chi connectivity index (χ1n) is 9.66. The minimum absolute atomic E-state index is 0.0112. The first-order chi connectivity index (χ1) is 13.5. The summed E-state index contributed by atoms with van der Waals surface area (Å²) in [6, 6.07) is 3.92. The van der Waals surface area contributed by atoms with Gasteiger partial charge in [-0.05, 0) is 18.9 Å². The molecule has 1 heterocycles. The predicted octanol–water partition coefficient (Wildman–Crippen LogP) is 2.78. The van der Waals surface area contributed by atoms with Gasteiger partial charge in [0, 0.05) is 37.3 Å². The topological polar surface area (TPSA) is 93.9 Å². The smallest absolute Gasteiger partial charge is 0.271 e. The second-order valence-corrected chi connectivity index (χ2v) is 7.73. The molecule has 1 aliphatic carbocycles. The van der Waals surface area contributed by atoms with Crippen LogP contribution >= 0.6 is 11.6 Å². The molecule has 1 saturated heterocycles. The number of ether oxygens (including phenoxy) is 2. The van der Waals surface area contributed by atoms with Crippen molar-refractivity contribution in [1.82, 2.24) is 10.2 Å². The maximum absolute atomic E-state index is 12.3. The molecule has 0 radical (unpaired) electrons. The number of halogens is 1. The van der Waals surface area contributed by atoms with Crippen LogP contribution in [0.3, 0.4) is 0 Å². The molecule has 1 saturated carbocycles. The van der Waals surface area contributed by atoms with E-state index in [0.717, 1.165) is 39.1 Å². The van der Waals surface area contributed by atoms with Crippen LogP contribution in [-0.4, -0.2) is 60.7 Å². The number of carbonyl (C=O) groups is 1. The van der Waals surface area contributed by atoms with Crippen molar-refractivity contribution >= 4 is 23.2 Å². The van der Waals surface area contributed by atoms with Gasteiger partial charge in [0.2, 0.25) is 0 Å². The van der Waals surface area contributed by atoms with Crippen LogP contribution in [0.1, 0.15) is 32.1 Å². The second-order valence-electron chi connectivity index (χ2n) is 7.32. The minimum Gasteiger partial charge on any atom is -0.482 e. The molecule has 2 fully saturated rings. The third-order valence-corrected chi connectivity index (χ3v) is 5.86. The summed E-state index contributed by atoms with van der Waals surface area (Å²) < 4.78 is 10.9. The highest BCUT2D eigenvalue weighted by Gasteiger charge is 2.38. The highest BCUT2D eigenvalue weighted by molar-refractivity contribution is 6.32. The van der Waals surface area contributed by atoms with E-state index in [0.29, 0.717) is 6.54 Å². The number of morpholine rings is 1. The van der Waals surface area contributed by atoms with Gasteiger partial charge in [-0.2, -0.15) is 0 Å². The highest BCUT2D eigenvalue weighted by atomic mass is 35.5. The monoisotopic (exact) mass is 411 g/mol. The molecule has 8 nitrogen and oxygen atoms in total. The number of carbonyl (C=O) groups excluding carboxylic acids is 1. The van der Waals surface area contributed by atoms with E-state index >= 15 is 0 Å². The third kappa shape index (κ3) is 5.12. The van der Waals surface area contributed by atoms with Crippen LogP contribution < -0.4 is 10.1 Å². The van der Waals surface area contributed by atoms with Crippen LogP contribution in [0.5, 0.6) is 5.75 Å². The molecule has 0 aromatic heterocycles. The first kappa shape index (κ1) is 20.8. The number of nitrogens with zero attached hydrogens (tertiary/aromatic N) is 2. The Hall–Kier alpha value is -1.90. The molecule has 154 valence electrons. The average Bonchev–Trinajstić information content (AvgIpc) is 2.72. The second kappa shape index (κ2) is 9.54. The Kier molecular flexibility index (Phi) is 7.09. The number of benzene rings is 1. The molecule has 1 amide bonds. The molecule has 9 heteroatoms. The van der Waals surface area contributed by atoms with Gasteiger partial charge in [-0.3, -0.25) is 19.8 Å². The Bertz CT molecular complexity index is 703. The van der Waals surface area contributed by atoms with Gasteiger partial charge in [0.15, 0.2) is 6.61 Å². The van der Waals surface area contributed by atoms with Gasteiger partial charge < -0.3 is 14.8 Å².